The highest BCUT2D eigenvalue weighted by molar-refractivity contribution is 5.88. The maximum absolute atomic E-state index is 10.8. The van der Waals surface area contributed by atoms with Gasteiger partial charge in [0.2, 0.25) is 0 Å². The molecule has 0 aliphatic rings. The summed E-state index contributed by atoms with van der Waals surface area (Å²) < 4.78 is 0. The molecule has 76 valence electrons. The molecular weight excluding hydrogens is 194 g/mol. The molecule has 1 aromatic heterocycles. The van der Waals surface area contributed by atoms with Crippen molar-refractivity contribution in [3.8, 4) is 5.69 Å². The van der Waals surface area contributed by atoms with Crippen LogP contribution in [0.4, 0.5) is 0 Å². The van der Waals surface area contributed by atoms with Gasteiger partial charge in [-0.05, 0) is 29.8 Å². The highest BCUT2D eigenvalue weighted by Gasteiger charge is 2.09. The summed E-state index contributed by atoms with van der Waals surface area (Å²) in [5, 5.41) is 11.1. The van der Waals surface area contributed by atoms with Crippen LogP contribution < -0.4 is 5.73 Å². The Labute approximate surface area is 85.7 Å². The smallest absolute Gasteiger partial charge is 0.290 e. The third-order valence-electron chi connectivity index (χ3n) is 1.87. The van der Waals surface area contributed by atoms with E-state index >= 15 is 0 Å². The van der Waals surface area contributed by atoms with Gasteiger partial charge in [-0.2, -0.15) is 0 Å². The molecule has 2 N–H and O–H groups in total. The Morgan fingerprint density at radius 3 is 2.87 bits per heavy atom. The normalized spacial score (nSPS) is 10.2. The maximum atomic E-state index is 10.8. The molecule has 2 aromatic rings. The van der Waals surface area contributed by atoms with Gasteiger partial charge in [-0.1, -0.05) is 12.1 Å². The van der Waals surface area contributed by atoms with E-state index in [4.69, 9.17) is 5.73 Å². The SMILES string of the molecule is Cc1cccc(-n2nnc(C(N)=O)n2)c1. The minimum Gasteiger partial charge on any atom is -0.363 e. The number of nitrogens with zero attached hydrogens (tertiary/aromatic N) is 4. The van der Waals surface area contributed by atoms with Gasteiger partial charge in [-0.15, -0.1) is 15.0 Å². The van der Waals surface area contributed by atoms with Crippen molar-refractivity contribution in [2.75, 3.05) is 0 Å². The first kappa shape index (κ1) is 9.32. The standard InChI is InChI=1S/C9H9N5O/c1-6-3-2-4-7(5-6)14-12-9(8(10)15)11-13-14/h2-5H,1H3,(H2,10,15). The van der Waals surface area contributed by atoms with Crippen LogP contribution >= 0.6 is 0 Å². The molecule has 1 aromatic carbocycles. The molecule has 1 heterocycles. The fourth-order valence-electron chi connectivity index (χ4n) is 1.17. The van der Waals surface area contributed by atoms with Crippen molar-refractivity contribution in [3.05, 3.63) is 35.7 Å². The second-order valence-corrected chi connectivity index (χ2v) is 3.11. The molecule has 15 heavy (non-hydrogen) atoms. The molecule has 0 unspecified atom stereocenters. The van der Waals surface area contributed by atoms with Gasteiger partial charge in [-0.25, -0.2) is 0 Å². The van der Waals surface area contributed by atoms with Crippen LogP contribution in [0.2, 0.25) is 0 Å². The Hall–Kier alpha value is -2.24. The van der Waals surface area contributed by atoms with E-state index in [1.165, 1.54) is 4.80 Å². The average molecular weight is 203 g/mol. The number of primary amides is 1. The van der Waals surface area contributed by atoms with Crippen LogP contribution in [0.3, 0.4) is 0 Å². The molecule has 0 aliphatic carbocycles. The van der Waals surface area contributed by atoms with Gasteiger partial charge in [0, 0.05) is 0 Å². The zero-order valence-electron chi connectivity index (χ0n) is 8.08. The number of carbonyl (C=O) groups excluding carboxylic acids is 1. The Bertz CT molecular complexity index is 505. The van der Waals surface area contributed by atoms with Crippen molar-refractivity contribution in [1.29, 1.82) is 0 Å². The third kappa shape index (κ3) is 1.83. The lowest BCUT2D eigenvalue weighted by Gasteiger charge is -1.98. The Morgan fingerprint density at radius 1 is 1.47 bits per heavy atom. The van der Waals surface area contributed by atoms with E-state index in [0.29, 0.717) is 0 Å². The number of aromatic nitrogens is 4. The molecule has 2 rings (SSSR count). The summed E-state index contributed by atoms with van der Waals surface area (Å²) in [6.07, 6.45) is 0. The monoisotopic (exact) mass is 203 g/mol. The molecule has 0 spiro atoms. The lowest BCUT2D eigenvalue weighted by atomic mass is 10.2. The summed E-state index contributed by atoms with van der Waals surface area (Å²) in [6.45, 7) is 1.95. The molecule has 0 saturated heterocycles. The summed E-state index contributed by atoms with van der Waals surface area (Å²) in [6, 6.07) is 7.53. The maximum Gasteiger partial charge on any atom is 0.290 e. The highest BCUT2D eigenvalue weighted by atomic mass is 16.1. The van der Waals surface area contributed by atoms with E-state index in [1.54, 1.807) is 0 Å². The number of hydrogen-bond donors (Lipinski definition) is 1. The van der Waals surface area contributed by atoms with Gasteiger partial charge in [0.15, 0.2) is 0 Å². The summed E-state index contributed by atoms with van der Waals surface area (Å²) in [5.41, 5.74) is 6.84. The molecule has 0 atom stereocenters. The van der Waals surface area contributed by atoms with E-state index in [2.05, 4.69) is 15.4 Å². The molecule has 1 amide bonds. The van der Waals surface area contributed by atoms with Crippen LogP contribution in [0.15, 0.2) is 24.3 Å². The van der Waals surface area contributed by atoms with Crippen molar-refractivity contribution in [2.45, 2.75) is 6.92 Å². The van der Waals surface area contributed by atoms with E-state index in [9.17, 15) is 4.79 Å². The minimum absolute atomic E-state index is 0.0866. The van der Waals surface area contributed by atoms with Gasteiger partial charge >= 0.3 is 0 Å². The fourth-order valence-corrected chi connectivity index (χ4v) is 1.17. The Kier molecular flexibility index (Phi) is 2.17. The van der Waals surface area contributed by atoms with Crippen LogP contribution in [0.1, 0.15) is 16.2 Å². The number of rotatable bonds is 2. The average Bonchev–Trinajstić information content (AvgIpc) is 2.66. The van der Waals surface area contributed by atoms with E-state index in [0.717, 1.165) is 11.3 Å². The second-order valence-electron chi connectivity index (χ2n) is 3.11. The van der Waals surface area contributed by atoms with Crippen molar-refractivity contribution in [2.24, 2.45) is 5.73 Å². The summed E-state index contributed by atoms with van der Waals surface area (Å²) in [7, 11) is 0. The fraction of sp³-hybridized carbons (Fsp3) is 0.111. The molecule has 0 fully saturated rings. The van der Waals surface area contributed by atoms with Crippen molar-refractivity contribution >= 4 is 5.91 Å². The van der Waals surface area contributed by atoms with Crippen LogP contribution in [0.25, 0.3) is 5.69 Å². The van der Waals surface area contributed by atoms with Gasteiger partial charge in [0.05, 0.1) is 5.69 Å². The molecule has 6 nitrogen and oxygen atoms in total. The molecule has 0 saturated carbocycles. The minimum atomic E-state index is -0.686. The van der Waals surface area contributed by atoms with Crippen LogP contribution in [-0.2, 0) is 0 Å². The quantitative estimate of drug-likeness (QED) is 0.748. The zero-order chi connectivity index (χ0) is 10.8. The van der Waals surface area contributed by atoms with E-state index in [1.807, 2.05) is 31.2 Å². The number of nitrogens with two attached hydrogens (primary N) is 1. The predicted octanol–water partition coefficient (Wildman–Crippen LogP) is 0.0696. The molecule has 6 heteroatoms. The Balaban J connectivity index is 2.41. The molecular formula is C9H9N5O. The topological polar surface area (TPSA) is 86.7 Å². The summed E-state index contributed by atoms with van der Waals surface area (Å²) in [4.78, 5) is 12.0. The number of amides is 1. The largest absolute Gasteiger partial charge is 0.363 e. The lowest BCUT2D eigenvalue weighted by Crippen LogP contribution is -2.13. The summed E-state index contributed by atoms with van der Waals surface area (Å²) in [5.74, 6) is -0.773. The van der Waals surface area contributed by atoms with Crippen molar-refractivity contribution in [1.82, 2.24) is 20.2 Å². The number of tetrazole rings is 1. The number of benzene rings is 1. The number of carbonyl (C=O) groups is 1. The highest BCUT2D eigenvalue weighted by Crippen LogP contribution is 2.06. The van der Waals surface area contributed by atoms with E-state index < -0.39 is 5.91 Å². The first-order valence-electron chi connectivity index (χ1n) is 4.33. The van der Waals surface area contributed by atoms with Gasteiger partial charge in [0.25, 0.3) is 11.7 Å². The predicted molar refractivity (Wildman–Crippen MR) is 52.4 cm³/mol. The van der Waals surface area contributed by atoms with E-state index in [-0.39, 0.29) is 5.82 Å². The van der Waals surface area contributed by atoms with Crippen LogP contribution in [-0.4, -0.2) is 26.1 Å². The van der Waals surface area contributed by atoms with Crippen LogP contribution in [0.5, 0.6) is 0 Å². The van der Waals surface area contributed by atoms with Crippen molar-refractivity contribution in [3.63, 3.8) is 0 Å². The first-order chi connectivity index (χ1) is 7.16. The van der Waals surface area contributed by atoms with Gasteiger partial charge < -0.3 is 5.73 Å². The van der Waals surface area contributed by atoms with Crippen LogP contribution in [0, 0.1) is 6.92 Å². The van der Waals surface area contributed by atoms with Crippen molar-refractivity contribution < 1.29 is 4.79 Å². The lowest BCUT2D eigenvalue weighted by molar-refractivity contribution is 0.0990. The molecule has 0 bridgehead atoms. The third-order valence-corrected chi connectivity index (χ3v) is 1.87. The van der Waals surface area contributed by atoms with Gasteiger partial charge in [0.1, 0.15) is 0 Å². The second kappa shape index (κ2) is 3.49. The number of hydrogen-bond acceptors (Lipinski definition) is 4. The first-order valence-corrected chi connectivity index (χ1v) is 4.33. The summed E-state index contributed by atoms with van der Waals surface area (Å²) >= 11 is 0. The Morgan fingerprint density at radius 2 is 2.27 bits per heavy atom. The zero-order valence-corrected chi connectivity index (χ0v) is 8.08. The molecule has 0 radical (unpaired) electrons. The number of aryl methyl sites for hydroxylation is 1. The molecule has 0 aliphatic heterocycles. The van der Waals surface area contributed by atoms with Gasteiger partial charge in [-0.3, -0.25) is 4.79 Å².